The third kappa shape index (κ3) is 19.6. The maximum absolute atomic E-state index is 14.2. The molecule has 3 aromatic heterocycles. The van der Waals surface area contributed by atoms with Gasteiger partial charge in [-0.25, -0.2) is 19.7 Å². The number of nitrogens with two attached hydrogens (primary N) is 3. The minimum absolute atomic E-state index is 0.0509. The van der Waals surface area contributed by atoms with Crippen LogP contribution in [0.3, 0.4) is 0 Å². The zero-order valence-corrected chi connectivity index (χ0v) is 43.9. The maximum Gasteiger partial charge on any atom is 0.328 e. The smallest absolute Gasteiger partial charge is 0.328 e. The molecule has 1 aliphatic heterocycles. The van der Waals surface area contributed by atoms with Crippen LogP contribution in [0.5, 0.6) is 0 Å². The molecule has 0 aromatic carbocycles. The summed E-state index contributed by atoms with van der Waals surface area (Å²) in [5.41, 5.74) is 18.6. The molecule has 31 heteroatoms. The van der Waals surface area contributed by atoms with Crippen LogP contribution < -0.4 is 59.7 Å². The lowest BCUT2D eigenvalue weighted by Gasteiger charge is -2.32. The monoisotopic (exact) mass is 1100 g/mol. The molecule has 4 rings (SSSR count). The zero-order valence-electron chi connectivity index (χ0n) is 43.9. The van der Waals surface area contributed by atoms with Gasteiger partial charge in [0.1, 0.15) is 42.3 Å². The predicted octanol–water partition coefficient (Wildman–Crippen LogP) is -5.82. The van der Waals surface area contributed by atoms with E-state index < -0.39 is 139 Å². The molecule has 1 aliphatic rings. The van der Waals surface area contributed by atoms with Crippen molar-refractivity contribution in [2.24, 2.45) is 34.0 Å². The van der Waals surface area contributed by atoms with Gasteiger partial charge in [0.2, 0.25) is 53.2 Å². The van der Waals surface area contributed by atoms with E-state index >= 15 is 0 Å². The Hall–Kier alpha value is -8.48. The molecule has 19 N–H and O–H groups in total. The van der Waals surface area contributed by atoms with Gasteiger partial charge in [-0.15, -0.1) is 0 Å². The van der Waals surface area contributed by atoms with E-state index in [2.05, 4.69) is 77.4 Å². The van der Waals surface area contributed by atoms with E-state index in [1.807, 2.05) is 0 Å². The number of aliphatic hydroxyl groups excluding tert-OH is 1. The SMILES string of the molecule is CC[C@H](C)[C@H](NC(=O)CNC(=O)[C@H](CCCN=C(N)N)NC(=O)CNC(=O)[C@H](Cc1cnc[nH]1)NC(=O)[C@H](Cc1cnc[nH]1)NC(=O)[C@@H](N)Cc1cnc[nH]1)C(=O)N1CCC[C@H]1C(=O)N[C@H](C(=O)N[C@@H](CO)C(=O)O)C(C)C. The van der Waals surface area contributed by atoms with Crippen molar-refractivity contribution in [1.29, 1.82) is 0 Å². The first kappa shape index (κ1) is 62.1. The van der Waals surface area contributed by atoms with Crippen molar-refractivity contribution >= 4 is 65.1 Å². The first-order chi connectivity index (χ1) is 37.1. The predicted molar refractivity (Wildman–Crippen MR) is 276 cm³/mol. The van der Waals surface area contributed by atoms with Crippen LogP contribution >= 0.6 is 0 Å². The summed E-state index contributed by atoms with van der Waals surface area (Å²) >= 11 is 0. The molecule has 9 atom stereocenters. The molecule has 0 bridgehead atoms. The molecular weight excluding hydrogens is 1020 g/mol. The third-order valence-electron chi connectivity index (χ3n) is 12.7. The molecule has 9 amide bonds. The van der Waals surface area contributed by atoms with Crippen molar-refractivity contribution in [3.63, 3.8) is 0 Å². The fraction of sp³-hybridized carbons (Fsp3) is 0.574. The van der Waals surface area contributed by atoms with E-state index in [0.29, 0.717) is 29.9 Å². The number of carbonyl (C=O) groups is 10. The Bertz CT molecular complexity index is 2500. The van der Waals surface area contributed by atoms with Gasteiger partial charge in [-0.3, -0.25) is 48.1 Å². The van der Waals surface area contributed by atoms with E-state index in [-0.39, 0.29) is 57.6 Å². The number of amides is 9. The summed E-state index contributed by atoms with van der Waals surface area (Å²) in [6, 6.07) is -10.0. The second-order valence-electron chi connectivity index (χ2n) is 19.0. The summed E-state index contributed by atoms with van der Waals surface area (Å²) in [7, 11) is 0. The number of guanidine groups is 1. The van der Waals surface area contributed by atoms with Crippen LogP contribution in [-0.4, -0.2) is 191 Å². The molecular formula is C47H73N19O12. The number of aliphatic imine (C=N–C) groups is 1. The minimum Gasteiger partial charge on any atom is -0.480 e. The van der Waals surface area contributed by atoms with Crippen molar-refractivity contribution in [2.75, 3.05) is 32.8 Å². The van der Waals surface area contributed by atoms with Gasteiger partial charge >= 0.3 is 5.97 Å². The minimum atomic E-state index is -1.61. The molecule has 0 aliphatic carbocycles. The van der Waals surface area contributed by atoms with Crippen LogP contribution in [0.4, 0.5) is 0 Å². The van der Waals surface area contributed by atoms with Gasteiger partial charge in [0.15, 0.2) is 5.96 Å². The Balaban J connectivity index is 1.41. The van der Waals surface area contributed by atoms with Crippen molar-refractivity contribution in [3.05, 3.63) is 54.7 Å². The van der Waals surface area contributed by atoms with E-state index in [1.165, 1.54) is 42.5 Å². The van der Waals surface area contributed by atoms with E-state index in [9.17, 15) is 58.2 Å². The summed E-state index contributed by atoms with van der Waals surface area (Å²) in [4.78, 5) is 160. The Morgan fingerprint density at radius 3 is 1.73 bits per heavy atom. The number of aliphatic carboxylic acids is 1. The van der Waals surface area contributed by atoms with Crippen LogP contribution in [0.2, 0.25) is 0 Å². The highest BCUT2D eigenvalue weighted by molar-refractivity contribution is 5.98. The van der Waals surface area contributed by atoms with Crippen LogP contribution in [0.25, 0.3) is 0 Å². The van der Waals surface area contributed by atoms with E-state index in [0.717, 1.165) is 0 Å². The average Bonchev–Trinajstić information content (AvgIpc) is 4.28. The average molecular weight is 1100 g/mol. The lowest BCUT2D eigenvalue weighted by atomic mass is 9.97. The third-order valence-corrected chi connectivity index (χ3v) is 12.7. The number of nitrogens with zero attached hydrogens (tertiary/aromatic N) is 5. The van der Waals surface area contributed by atoms with Gasteiger partial charge in [0.05, 0.1) is 44.7 Å². The largest absolute Gasteiger partial charge is 0.480 e. The van der Waals surface area contributed by atoms with E-state index in [1.54, 1.807) is 27.7 Å². The first-order valence-corrected chi connectivity index (χ1v) is 25.3. The quantitative estimate of drug-likeness (QED) is 0.0157. The summed E-state index contributed by atoms with van der Waals surface area (Å²) < 4.78 is 0. The summed E-state index contributed by atoms with van der Waals surface area (Å²) in [5, 5.41) is 38.9. The molecule has 3 aromatic rings. The first-order valence-electron chi connectivity index (χ1n) is 25.3. The number of aliphatic hydroxyl groups is 1. The number of aromatic amines is 3. The van der Waals surface area contributed by atoms with Gasteiger partial charge in [0.25, 0.3) is 0 Å². The molecule has 428 valence electrons. The summed E-state index contributed by atoms with van der Waals surface area (Å²) in [6.07, 6.45) is 9.58. The van der Waals surface area contributed by atoms with Gasteiger partial charge in [0, 0.05) is 68.0 Å². The van der Waals surface area contributed by atoms with E-state index in [4.69, 9.17) is 17.2 Å². The van der Waals surface area contributed by atoms with Crippen LogP contribution in [0.1, 0.15) is 76.9 Å². The number of imidazole rings is 3. The number of nitrogens with one attached hydrogen (secondary N) is 11. The summed E-state index contributed by atoms with van der Waals surface area (Å²) in [5.74, 6) is -9.56. The second-order valence-corrected chi connectivity index (χ2v) is 19.0. The summed E-state index contributed by atoms with van der Waals surface area (Å²) in [6.45, 7) is 4.69. The maximum atomic E-state index is 14.2. The molecule has 1 saturated heterocycles. The van der Waals surface area contributed by atoms with Crippen LogP contribution in [0, 0.1) is 11.8 Å². The van der Waals surface area contributed by atoms with Gasteiger partial charge in [-0.05, 0) is 37.5 Å². The highest BCUT2D eigenvalue weighted by Gasteiger charge is 2.41. The van der Waals surface area contributed by atoms with Crippen molar-refractivity contribution in [2.45, 2.75) is 127 Å². The van der Waals surface area contributed by atoms with Crippen molar-refractivity contribution in [1.82, 2.24) is 77.3 Å². The number of carboxylic acids is 1. The van der Waals surface area contributed by atoms with Crippen LogP contribution in [-0.2, 0) is 67.2 Å². The molecule has 0 spiro atoms. The lowest BCUT2D eigenvalue weighted by molar-refractivity contribution is -0.145. The van der Waals surface area contributed by atoms with Crippen molar-refractivity contribution < 1.29 is 58.2 Å². The molecule has 1 fully saturated rings. The number of aromatic nitrogens is 6. The van der Waals surface area contributed by atoms with Gasteiger partial charge in [-0.2, -0.15) is 0 Å². The molecule has 4 heterocycles. The van der Waals surface area contributed by atoms with Gasteiger partial charge < -0.3 is 89.8 Å². The number of rotatable bonds is 32. The lowest BCUT2D eigenvalue weighted by Crippen LogP contribution is -2.60. The number of hydrogen-bond acceptors (Lipinski definition) is 16. The van der Waals surface area contributed by atoms with Gasteiger partial charge in [-0.1, -0.05) is 34.1 Å². The molecule has 0 unspecified atom stereocenters. The fourth-order valence-corrected chi connectivity index (χ4v) is 8.15. The molecule has 0 saturated carbocycles. The number of carboxylic acid groups (broad SMARTS) is 1. The highest BCUT2D eigenvalue weighted by atomic mass is 16.4. The number of likely N-dealkylation sites (tertiary alicyclic amines) is 1. The normalized spacial score (nSPS) is 16.1. The topological polar surface area (TPSA) is 487 Å². The molecule has 0 radical (unpaired) electrons. The Morgan fingerprint density at radius 1 is 0.692 bits per heavy atom. The van der Waals surface area contributed by atoms with Crippen LogP contribution in [0.15, 0.2) is 42.6 Å². The van der Waals surface area contributed by atoms with Crippen molar-refractivity contribution in [3.8, 4) is 0 Å². The zero-order chi connectivity index (χ0) is 57.5. The Morgan fingerprint density at radius 2 is 1.22 bits per heavy atom. The molecule has 31 nitrogen and oxygen atoms in total. The number of carbonyl (C=O) groups excluding carboxylic acids is 9. The fourth-order valence-electron chi connectivity index (χ4n) is 8.15. The standard InChI is InChI=1S/C47H73N19O12/c1-5-25(4)38(45(76)66-11-7-9-34(66)43(74)65-37(24(2)3)44(75)63-33(20-67)46(77)78)64-36(69)19-55-40(71)30(8-6-10-54-47(49)50)60-35(68)18-56-41(72)31(13-27-16-52-22-58-27)62-42(73)32(14-28-17-53-23-59-28)61-39(70)29(48)12-26-15-51-21-57-26/h15-17,21-25,29-34,37-38,67H,5-14,18-20,48H2,1-4H3,(H,51,57)(H,52,58)(H,53,59)(H,55,71)(H,56,72)(H,60,68)(H,61,70)(H,62,73)(H,63,75)(H,64,69)(H,65,74)(H,77,78)(H4,49,50,54)/t25-,29-,30-,31-,32-,33-,34-,37-,38-/m0/s1. The molecule has 78 heavy (non-hydrogen) atoms. The highest BCUT2D eigenvalue weighted by Crippen LogP contribution is 2.22. The second kappa shape index (κ2) is 30.9. The number of hydrogen-bond donors (Lipinski definition) is 16. The Kier molecular flexibility index (Phi) is 24.6. The number of H-pyrrole nitrogens is 3. The Labute approximate surface area is 448 Å².